The molecule has 0 fully saturated rings. The summed E-state index contributed by atoms with van der Waals surface area (Å²) < 4.78 is 37.3. The van der Waals surface area contributed by atoms with Crippen molar-refractivity contribution in [3.8, 4) is 0 Å². The fourth-order valence-electron chi connectivity index (χ4n) is 1.95. The molecule has 1 rings (SSSR count). The number of alkyl halides is 3. The minimum absolute atomic E-state index is 0.0316. The second kappa shape index (κ2) is 8.01. The van der Waals surface area contributed by atoms with Gasteiger partial charge >= 0.3 is 6.18 Å². The van der Waals surface area contributed by atoms with Crippen LogP contribution in [-0.2, 0) is 0 Å². The maximum Gasteiger partial charge on any atom is 0.401 e. The maximum absolute atomic E-state index is 12.4. The summed E-state index contributed by atoms with van der Waals surface area (Å²) in [6.07, 6.45) is -3.72. The monoisotopic (exact) mass is 341 g/mol. The van der Waals surface area contributed by atoms with Gasteiger partial charge in [0.25, 0.3) is 0 Å². The van der Waals surface area contributed by atoms with E-state index in [4.69, 9.17) is 23.2 Å². The minimum atomic E-state index is -4.27. The van der Waals surface area contributed by atoms with Gasteiger partial charge in [0.15, 0.2) is 5.78 Å². The largest absolute Gasteiger partial charge is 0.401 e. The van der Waals surface area contributed by atoms with Crippen LogP contribution >= 0.6 is 23.2 Å². The Kier molecular flexibility index (Phi) is 6.97. The summed E-state index contributed by atoms with van der Waals surface area (Å²) in [5.41, 5.74) is 0.243. The topological polar surface area (TPSA) is 20.3 Å². The summed E-state index contributed by atoms with van der Waals surface area (Å²) in [7, 11) is 0. The molecule has 1 aromatic carbocycles. The molecule has 0 unspecified atom stereocenters. The Bertz CT molecular complexity index is 492. The molecule has 0 aliphatic heterocycles. The van der Waals surface area contributed by atoms with Gasteiger partial charge in [0.1, 0.15) is 0 Å². The van der Waals surface area contributed by atoms with Gasteiger partial charge in [0.2, 0.25) is 0 Å². The van der Waals surface area contributed by atoms with Crippen molar-refractivity contribution < 1.29 is 18.0 Å². The van der Waals surface area contributed by atoms with Crippen LogP contribution in [-0.4, -0.2) is 36.5 Å². The van der Waals surface area contributed by atoms with Crippen LogP contribution < -0.4 is 0 Å². The third kappa shape index (κ3) is 6.24. The first-order valence-corrected chi connectivity index (χ1v) is 7.26. The van der Waals surface area contributed by atoms with Gasteiger partial charge in [0.05, 0.1) is 16.6 Å². The zero-order chi connectivity index (χ0) is 16.0. The Labute approximate surface area is 131 Å². The summed E-state index contributed by atoms with van der Waals surface area (Å²) in [5, 5.41) is 0.394. The van der Waals surface area contributed by atoms with Crippen LogP contribution in [0.1, 0.15) is 30.1 Å². The number of hydrogen-bond acceptors (Lipinski definition) is 2. The standard InChI is InChI=1S/C14H16Cl2F3NO/c1-2-7-20(9-14(17,18)19)8-6-12(21)10-4-3-5-11(15)13(10)16/h3-5H,2,6-9H2,1H3. The van der Waals surface area contributed by atoms with Gasteiger partial charge in [-0.25, -0.2) is 0 Å². The van der Waals surface area contributed by atoms with E-state index in [1.165, 1.54) is 11.0 Å². The SMILES string of the molecule is CCCN(CCC(=O)c1cccc(Cl)c1Cl)CC(F)(F)F. The van der Waals surface area contributed by atoms with Gasteiger partial charge < -0.3 is 0 Å². The molecular weight excluding hydrogens is 326 g/mol. The molecule has 21 heavy (non-hydrogen) atoms. The van der Waals surface area contributed by atoms with Crippen molar-refractivity contribution in [2.45, 2.75) is 25.9 Å². The molecule has 0 aromatic heterocycles. The zero-order valence-electron chi connectivity index (χ0n) is 11.5. The number of benzene rings is 1. The average Bonchev–Trinajstić information content (AvgIpc) is 2.37. The van der Waals surface area contributed by atoms with Crippen molar-refractivity contribution in [1.82, 2.24) is 4.90 Å². The van der Waals surface area contributed by atoms with Crippen LogP contribution in [0.15, 0.2) is 18.2 Å². The highest BCUT2D eigenvalue weighted by atomic mass is 35.5. The number of Topliss-reactive ketones (excluding diaryl/α,β-unsaturated/α-hetero) is 1. The van der Waals surface area contributed by atoms with Crippen LogP contribution in [0.5, 0.6) is 0 Å². The van der Waals surface area contributed by atoms with Crippen LogP contribution in [0.25, 0.3) is 0 Å². The van der Waals surface area contributed by atoms with E-state index in [2.05, 4.69) is 0 Å². The maximum atomic E-state index is 12.4. The first kappa shape index (κ1) is 18.3. The first-order valence-electron chi connectivity index (χ1n) is 6.51. The third-order valence-corrected chi connectivity index (χ3v) is 3.67. The number of nitrogens with zero attached hydrogens (tertiary/aromatic N) is 1. The van der Waals surface area contributed by atoms with Crippen molar-refractivity contribution in [1.29, 1.82) is 0 Å². The molecule has 1 aromatic rings. The fourth-order valence-corrected chi connectivity index (χ4v) is 2.36. The summed E-state index contributed by atoms with van der Waals surface area (Å²) in [6.45, 7) is 1.10. The summed E-state index contributed by atoms with van der Waals surface area (Å²) in [6, 6.07) is 4.65. The molecule has 118 valence electrons. The van der Waals surface area contributed by atoms with E-state index in [1.54, 1.807) is 19.1 Å². The third-order valence-electron chi connectivity index (χ3n) is 2.85. The number of ketones is 1. The van der Waals surface area contributed by atoms with E-state index in [1.807, 2.05) is 0 Å². The molecule has 0 N–H and O–H groups in total. The number of carbonyl (C=O) groups excluding carboxylic acids is 1. The molecule has 0 heterocycles. The molecule has 0 saturated heterocycles. The number of halogens is 5. The molecular formula is C14H16Cl2F3NO. The molecule has 7 heteroatoms. The lowest BCUT2D eigenvalue weighted by Gasteiger charge is -2.22. The van der Waals surface area contributed by atoms with Crippen LogP contribution in [0.4, 0.5) is 13.2 Å². The molecule has 2 nitrogen and oxygen atoms in total. The van der Waals surface area contributed by atoms with Crippen molar-refractivity contribution in [3.63, 3.8) is 0 Å². The smallest absolute Gasteiger partial charge is 0.295 e. The molecule has 0 radical (unpaired) electrons. The molecule has 0 amide bonds. The molecule has 0 bridgehead atoms. The van der Waals surface area contributed by atoms with Gasteiger partial charge in [-0.2, -0.15) is 13.2 Å². The normalized spacial score (nSPS) is 12.0. The zero-order valence-corrected chi connectivity index (χ0v) is 13.0. The highest BCUT2D eigenvalue weighted by molar-refractivity contribution is 6.43. The predicted octanol–water partition coefficient (Wildman–Crippen LogP) is 4.84. The van der Waals surface area contributed by atoms with Gasteiger partial charge in [-0.15, -0.1) is 0 Å². The summed E-state index contributed by atoms with van der Waals surface area (Å²) in [4.78, 5) is 13.3. The van der Waals surface area contributed by atoms with Crippen LogP contribution in [0, 0.1) is 0 Å². The summed E-state index contributed by atoms with van der Waals surface area (Å²) in [5.74, 6) is -0.314. The van der Waals surface area contributed by atoms with Crippen molar-refractivity contribution in [3.05, 3.63) is 33.8 Å². The molecule has 0 aliphatic carbocycles. The van der Waals surface area contributed by atoms with Gasteiger partial charge in [0, 0.05) is 18.5 Å². The Balaban J connectivity index is 2.67. The average molecular weight is 342 g/mol. The van der Waals surface area contributed by atoms with E-state index in [-0.39, 0.29) is 40.9 Å². The van der Waals surface area contributed by atoms with Crippen molar-refractivity contribution >= 4 is 29.0 Å². The lowest BCUT2D eigenvalue weighted by molar-refractivity contribution is -0.145. The highest BCUT2D eigenvalue weighted by Crippen LogP contribution is 2.26. The molecule has 0 saturated carbocycles. The number of carbonyl (C=O) groups is 1. The molecule has 0 aliphatic rings. The van der Waals surface area contributed by atoms with Gasteiger partial charge in [-0.05, 0) is 25.1 Å². The van der Waals surface area contributed by atoms with Gasteiger partial charge in [-0.1, -0.05) is 36.2 Å². The fraction of sp³-hybridized carbons (Fsp3) is 0.500. The van der Waals surface area contributed by atoms with E-state index in [0.29, 0.717) is 6.42 Å². The van der Waals surface area contributed by atoms with E-state index >= 15 is 0 Å². The predicted molar refractivity (Wildman–Crippen MR) is 78.2 cm³/mol. The van der Waals surface area contributed by atoms with E-state index in [9.17, 15) is 18.0 Å². The second-order valence-electron chi connectivity index (χ2n) is 4.67. The van der Waals surface area contributed by atoms with E-state index < -0.39 is 12.7 Å². The minimum Gasteiger partial charge on any atom is -0.295 e. The Morgan fingerprint density at radius 2 is 1.90 bits per heavy atom. The summed E-state index contributed by atoms with van der Waals surface area (Å²) >= 11 is 11.7. The lowest BCUT2D eigenvalue weighted by Crippen LogP contribution is -2.36. The van der Waals surface area contributed by atoms with Gasteiger partial charge in [-0.3, -0.25) is 9.69 Å². The Morgan fingerprint density at radius 3 is 2.48 bits per heavy atom. The van der Waals surface area contributed by atoms with Crippen LogP contribution in [0.2, 0.25) is 10.0 Å². The lowest BCUT2D eigenvalue weighted by atomic mass is 10.1. The highest BCUT2D eigenvalue weighted by Gasteiger charge is 2.30. The molecule has 0 atom stereocenters. The Hall–Kier alpha value is -0.780. The van der Waals surface area contributed by atoms with Crippen molar-refractivity contribution in [2.24, 2.45) is 0 Å². The Morgan fingerprint density at radius 1 is 1.24 bits per heavy atom. The number of rotatable bonds is 7. The second-order valence-corrected chi connectivity index (χ2v) is 5.45. The van der Waals surface area contributed by atoms with Crippen LogP contribution in [0.3, 0.4) is 0 Å². The van der Waals surface area contributed by atoms with Crippen molar-refractivity contribution in [2.75, 3.05) is 19.6 Å². The quantitative estimate of drug-likeness (QED) is 0.661. The molecule has 0 spiro atoms. The van der Waals surface area contributed by atoms with E-state index in [0.717, 1.165) is 0 Å². The number of hydrogen-bond donors (Lipinski definition) is 0. The first-order chi connectivity index (χ1) is 9.74.